The second-order valence-electron chi connectivity index (χ2n) is 7.44. The number of nitrogens with two attached hydrogens (primary N) is 1. The zero-order valence-electron chi connectivity index (χ0n) is 17.8. The summed E-state index contributed by atoms with van der Waals surface area (Å²) in [5.41, 5.74) is 10.3. The van der Waals surface area contributed by atoms with Gasteiger partial charge in [-0.15, -0.1) is 5.10 Å². The molecule has 0 saturated heterocycles. The lowest BCUT2D eigenvalue weighted by Crippen LogP contribution is -2.21. The van der Waals surface area contributed by atoms with Crippen LogP contribution in [0.1, 0.15) is 33.5 Å². The Bertz CT molecular complexity index is 1160. The van der Waals surface area contributed by atoms with E-state index in [9.17, 15) is 4.79 Å². The zero-order valence-corrected chi connectivity index (χ0v) is 17.8. The maximum absolute atomic E-state index is 12.1. The summed E-state index contributed by atoms with van der Waals surface area (Å²) in [6, 6.07) is 10.9. The van der Waals surface area contributed by atoms with E-state index in [1.165, 1.54) is 4.90 Å². The van der Waals surface area contributed by atoms with Gasteiger partial charge in [-0.2, -0.15) is 0 Å². The molecule has 2 aromatic heterocycles. The summed E-state index contributed by atoms with van der Waals surface area (Å²) >= 11 is 0. The van der Waals surface area contributed by atoms with Crippen molar-refractivity contribution in [1.82, 2.24) is 24.9 Å². The number of aryl methyl sites for hydroxylation is 1. The molecule has 9 nitrogen and oxygen atoms in total. The van der Waals surface area contributed by atoms with Gasteiger partial charge < -0.3 is 15.4 Å². The Morgan fingerprint density at radius 1 is 1.13 bits per heavy atom. The summed E-state index contributed by atoms with van der Waals surface area (Å²) < 4.78 is 6.06. The fraction of sp³-hybridized carbons (Fsp3) is 0.227. The lowest BCUT2D eigenvalue weighted by Gasteiger charge is -2.19. The summed E-state index contributed by atoms with van der Waals surface area (Å²) in [5, 5.41) is 6.14. The first kappa shape index (κ1) is 20.3. The number of hydrogen-bond acceptors (Lipinski definition) is 8. The first-order valence-electron chi connectivity index (χ1n) is 9.69. The molecule has 0 radical (unpaired) electrons. The van der Waals surface area contributed by atoms with Gasteiger partial charge in [0, 0.05) is 49.7 Å². The fourth-order valence-corrected chi connectivity index (χ4v) is 3.21. The van der Waals surface area contributed by atoms with Crippen molar-refractivity contribution >= 4 is 17.6 Å². The highest BCUT2D eigenvalue weighted by atomic mass is 16.5. The average Bonchev–Trinajstić information content (AvgIpc) is 3.15. The zero-order chi connectivity index (χ0) is 22.1. The van der Waals surface area contributed by atoms with Crippen LogP contribution in [0.2, 0.25) is 0 Å². The molecule has 0 bridgehead atoms. The number of aromatic nitrogens is 3. The maximum Gasteiger partial charge on any atom is 0.253 e. The number of nitrogen functional groups attached to an aromatic ring is 1. The van der Waals surface area contributed by atoms with Crippen LogP contribution in [0.25, 0.3) is 11.3 Å². The van der Waals surface area contributed by atoms with Crippen LogP contribution in [0.15, 0.2) is 53.9 Å². The van der Waals surface area contributed by atoms with Crippen molar-refractivity contribution in [2.24, 2.45) is 5.10 Å². The monoisotopic (exact) mass is 417 g/mol. The van der Waals surface area contributed by atoms with Crippen molar-refractivity contribution in [1.29, 1.82) is 0 Å². The van der Waals surface area contributed by atoms with E-state index in [2.05, 4.69) is 15.1 Å². The molecule has 1 atom stereocenters. The Hall–Kier alpha value is -4.01. The molecule has 0 aliphatic carbocycles. The summed E-state index contributed by atoms with van der Waals surface area (Å²) in [5.74, 6) is 0.672. The molecule has 9 heteroatoms. The lowest BCUT2D eigenvalue weighted by molar-refractivity contribution is 0.0744. The highest BCUT2D eigenvalue weighted by Gasteiger charge is 2.31. The van der Waals surface area contributed by atoms with Gasteiger partial charge in [0.15, 0.2) is 5.82 Å². The largest absolute Gasteiger partial charge is 0.444 e. The van der Waals surface area contributed by atoms with Crippen molar-refractivity contribution in [2.45, 2.75) is 13.2 Å². The standard InChI is InChI=1S/C22H23N7O2/c1-13-11-16(9-10-24-13)20-27-29(4)22(31-20)18-19(23)25-12-17(26-18)14-5-7-15(8-6-14)21(30)28(2)3/h5-12,22H,1-4H3,(H2,23,25). The highest BCUT2D eigenvalue weighted by molar-refractivity contribution is 5.95. The van der Waals surface area contributed by atoms with E-state index in [0.29, 0.717) is 22.8 Å². The molecule has 31 heavy (non-hydrogen) atoms. The Kier molecular flexibility index (Phi) is 5.24. The SMILES string of the molecule is Cc1cc(C2=NN(C)C(c3nc(-c4ccc(C(=O)N(C)C)cc4)cnc3N)O2)ccn1. The predicted octanol–water partition coefficient (Wildman–Crippen LogP) is 2.45. The minimum Gasteiger partial charge on any atom is -0.444 e. The van der Waals surface area contributed by atoms with Crippen molar-refractivity contribution in [3.8, 4) is 11.3 Å². The molecule has 158 valence electrons. The van der Waals surface area contributed by atoms with Gasteiger partial charge in [0.2, 0.25) is 12.1 Å². The molecule has 1 aliphatic heterocycles. The number of pyridine rings is 1. The number of carbonyl (C=O) groups excluding carboxylic acids is 1. The molecule has 1 aliphatic rings. The topological polar surface area (TPSA) is 110 Å². The molecule has 0 spiro atoms. The summed E-state index contributed by atoms with van der Waals surface area (Å²) in [4.78, 5) is 26.8. The number of anilines is 1. The molecule has 1 unspecified atom stereocenters. The third-order valence-corrected chi connectivity index (χ3v) is 4.85. The van der Waals surface area contributed by atoms with Crippen molar-refractivity contribution in [2.75, 3.05) is 26.9 Å². The van der Waals surface area contributed by atoms with Crippen LogP contribution in [0, 0.1) is 6.92 Å². The molecule has 1 amide bonds. The van der Waals surface area contributed by atoms with Crippen molar-refractivity contribution in [3.63, 3.8) is 0 Å². The van der Waals surface area contributed by atoms with Crippen LogP contribution in [0.5, 0.6) is 0 Å². The van der Waals surface area contributed by atoms with Gasteiger partial charge in [-0.05, 0) is 31.2 Å². The number of benzene rings is 1. The van der Waals surface area contributed by atoms with Gasteiger partial charge in [-0.1, -0.05) is 12.1 Å². The third-order valence-electron chi connectivity index (χ3n) is 4.85. The van der Waals surface area contributed by atoms with Crippen molar-refractivity contribution < 1.29 is 9.53 Å². The number of carbonyl (C=O) groups is 1. The molecule has 3 aromatic rings. The number of hydrogen-bond donors (Lipinski definition) is 1. The van der Waals surface area contributed by atoms with Crippen LogP contribution >= 0.6 is 0 Å². The van der Waals surface area contributed by atoms with E-state index in [4.69, 9.17) is 15.5 Å². The van der Waals surface area contributed by atoms with E-state index in [0.717, 1.165) is 16.8 Å². The van der Waals surface area contributed by atoms with Crippen LogP contribution in [-0.2, 0) is 4.74 Å². The quantitative estimate of drug-likeness (QED) is 0.694. The molecular weight excluding hydrogens is 394 g/mol. The molecule has 0 fully saturated rings. The predicted molar refractivity (Wildman–Crippen MR) is 117 cm³/mol. The van der Waals surface area contributed by atoms with Gasteiger partial charge in [0.1, 0.15) is 5.69 Å². The molecule has 2 N–H and O–H groups in total. The van der Waals surface area contributed by atoms with Gasteiger partial charge in [-0.3, -0.25) is 14.8 Å². The summed E-state index contributed by atoms with van der Waals surface area (Å²) in [6.45, 7) is 1.91. The second kappa shape index (κ2) is 8.02. The Morgan fingerprint density at radius 3 is 2.55 bits per heavy atom. The molecular formula is C22H23N7O2. The molecule has 0 saturated carbocycles. The van der Waals surface area contributed by atoms with E-state index < -0.39 is 6.23 Å². The van der Waals surface area contributed by atoms with Gasteiger partial charge in [0.25, 0.3) is 5.91 Å². The summed E-state index contributed by atoms with van der Waals surface area (Å²) in [6.07, 6.45) is 2.71. The van der Waals surface area contributed by atoms with Crippen LogP contribution in [-0.4, -0.2) is 57.8 Å². The van der Waals surface area contributed by atoms with Crippen LogP contribution < -0.4 is 5.73 Å². The molecule has 3 heterocycles. The first-order chi connectivity index (χ1) is 14.8. The Balaban J connectivity index is 1.61. The highest BCUT2D eigenvalue weighted by Crippen LogP contribution is 2.31. The normalized spacial score (nSPS) is 15.4. The lowest BCUT2D eigenvalue weighted by atomic mass is 10.1. The van der Waals surface area contributed by atoms with E-state index in [1.807, 2.05) is 31.2 Å². The third kappa shape index (κ3) is 4.02. The molecule has 1 aromatic carbocycles. The van der Waals surface area contributed by atoms with Crippen LogP contribution in [0.3, 0.4) is 0 Å². The minimum absolute atomic E-state index is 0.0624. The first-order valence-corrected chi connectivity index (χ1v) is 9.69. The number of ether oxygens (including phenoxy) is 1. The maximum atomic E-state index is 12.1. The van der Waals surface area contributed by atoms with Gasteiger partial charge in [-0.25, -0.2) is 9.97 Å². The fourth-order valence-electron chi connectivity index (χ4n) is 3.21. The van der Waals surface area contributed by atoms with E-state index >= 15 is 0 Å². The summed E-state index contributed by atoms with van der Waals surface area (Å²) in [7, 11) is 5.23. The minimum atomic E-state index is -0.606. The van der Waals surface area contributed by atoms with E-state index in [1.54, 1.807) is 50.7 Å². The van der Waals surface area contributed by atoms with Gasteiger partial charge >= 0.3 is 0 Å². The second-order valence-corrected chi connectivity index (χ2v) is 7.44. The number of rotatable bonds is 4. The number of hydrazone groups is 1. The van der Waals surface area contributed by atoms with Crippen molar-refractivity contribution in [3.05, 3.63) is 71.3 Å². The van der Waals surface area contributed by atoms with Gasteiger partial charge in [0.05, 0.1) is 11.9 Å². The number of amides is 1. The smallest absolute Gasteiger partial charge is 0.253 e. The van der Waals surface area contributed by atoms with Crippen LogP contribution in [0.4, 0.5) is 5.82 Å². The average molecular weight is 417 g/mol. The Morgan fingerprint density at radius 2 is 1.87 bits per heavy atom. The van der Waals surface area contributed by atoms with E-state index in [-0.39, 0.29) is 11.7 Å². The Labute approximate surface area is 180 Å². The molecule has 4 rings (SSSR count). The number of nitrogens with zero attached hydrogens (tertiary/aromatic N) is 6.